The fraction of sp³-hybridized carbons (Fsp3) is 0.778. The van der Waals surface area contributed by atoms with Crippen LogP contribution in [0.5, 0.6) is 11.5 Å². The molecule has 0 bridgehead atoms. The molecule has 1 saturated heterocycles. The molecule has 6 nitrogen and oxygen atoms in total. The van der Waals surface area contributed by atoms with Gasteiger partial charge in [0.25, 0.3) is 5.91 Å². The van der Waals surface area contributed by atoms with Gasteiger partial charge in [-0.05, 0) is 156 Å². The highest BCUT2D eigenvalue weighted by Crippen LogP contribution is 2.44. The van der Waals surface area contributed by atoms with Gasteiger partial charge in [0.2, 0.25) is 0 Å². The molecule has 1 amide bonds. The average molecular weight is 704 g/mol. The Labute approximate surface area is 309 Å². The van der Waals surface area contributed by atoms with Crippen molar-refractivity contribution in [1.29, 1.82) is 0 Å². The van der Waals surface area contributed by atoms with E-state index in [0.29, 0.717) is 51.4 Å². The lowest BCUT2D eigenvalue weighted by Crippen LogP contribution is -2.42. The first-order valence-electron chi connectivity index (χ1n) is 21.4. The molecule has 0 atom stereocenters. The summed E-state index contributed by atoms with van der Waals surface area (Å²) in [6, 6.07) is 6.01. The van der Waals surface area contributed by atoms with E-state index in [1.54, 1.807) is 11.0 Å². The summed E-state index contributed by atoms with van der Waals surface area (Å²) in [5, 5.41) is 0. The summed E-state index contributed by atoms with van der Waals surface area (Å²) in [6.45, 7) is 9.59. The molecule has 0 aromatic heterocycles. The summed E-state index contributed by atoms with van der Waals surface area (Å²) in [6.07, 6.45) is 26.2. The van der Waals surface area contributed by atoms with Crippen LogP contribution in [0.2, 0.25) is 0 Å². The van der Waals surface area contributed by atoms with Crippen molar-refractivity contribution in [2.24, 2.45) is 47.3 Å². The van der Waals surface area contributed by atoms with Crippen molar-refractivity contribution in [2.75, 3.05) is 39.5 Å². The van der Waals surface area contributed by atoms with Crippen LogP contribution in [0.3, 0.4) is 0 Å². The fourth-order valence-electron chi connectivity index (χ4n) is 10.5. The Morgan fingerprint density at radius 3 is 1.57 bits per heavy atom. The normalized spacial score (nSPS) is 32.3. The molecule has 0 unspecified atom stereocenters. The van der Waals surface area contributed by atoms with Gasteiger partial charge in [-0.2, -0.15) is 0 Å². The highest BCUT2D eigenvalue weighted by Gasteiger charge is 2.32. The number of amides is 1. The van der Waals surface area contributed by atoms with Gasteiger partial charge >= 0.3 is 0 Å². The predicted molar refractivity (Wildman–Crippen MR) is 206 cm³/mol. The third kappa shape index (κ3) is 10.6. The number of nitrogens with zero attached hydrogens (tertiary/aromatic N) is 1. The zero-order valence-electron chi connectivity index (χ0n) is 32.4. The number of ether oxygens (including phenoxy) is 3. The van der Waals surface area contributed by atoms with E-state index in [0.717, 1.165) is 52.6 Å². The Kier molecular flexibility index (Phi) is 14.4. The van der Waals surface area contributed by atoms with E-state index >= 15 is 0 Å². The van der Waals surface area contributed by atoms with Gasteiger partial charge in [0.1, 0.15) is 11.5 Å². The number of hydrogen-bond acceptors (Lipinski definition) is 5. The second-order valence-corrected chi connectivity index (χ2v) is 17.3. The van der Waals surface area contributed by atoms with E-state index < -0.39 is 0 Å². The van der Waals surface area contributed by atoms with E-state index in [1.807, 2.05) is 18.2 Å². The Balaban J connectivity index is 1.07. The smallest absolute Gasteiger partial charge is 0.257 e. The molecule has 51 heavy (non-hydrogen) atoms. The molecule has 284 valence electrons. The largest absolute Gasteiger partial charge is 0.493 e. The summed E-state index contributed by atoms with van der Waals surface area (Å²) in [7, 11) is 0. The van der Waals surface area contributed by atoms with Crippen LogP contribution in [-0.2, 0) is 14.3 Å². The highest BCUT2D eigenvalue weighted by atomic mass is 16.5. The predicted octanol–water partition coefficient (Wildman–Crippen LogP) is 10.3. The topological polar surface area (TPSA) is 65.1 Å². The van der Waals surface area contributed by atoms with Gasteiger partial charge in [0.15, 0.2) is 5.78 Å². The number of benzene rings is 1. The second kappa shape index (κ2) is 19.1. The van der Waals surface area contributed by atoms with Gasteiger partial charge in [-0.25, -0.2) is 0 Å². The van der Waals surface area contributed by atoms with E-state index in [4.69, 9.17) is 14.2 Å². The molecule has 4 aliphatic carbocycles. The van der Waals surface area contributed by atoms with Crippen LogP contribution in [0.25, 0.3) is 6.08 Å². The molecule has 6 rings (SSSR count). The molecule has 6 heteroatoms. The summed E-state index contributed by atoms with van der Waals surface area (Å²) in [4.78, 5) is 28.2. The first-order chi connectivity index (χ1) is 24.9. The van der Waals surface area contributed by atoms with Crippen molar-refractivity contribution >= 4 is 17.8 Å². The molecule has 0 radical (unpaired) electrons. The third-order valence-corrected chi connectivity index (χ3v) is 14.2. The molecule has 5 aliphatic rings. The fourth-order valence-corrected chi connectivity index (χ4v) is 10.5. The number of morpholine rings is 1. The quantitative estimate of drug-likeness (QED) is 0.116. The Hall–Kier alpha value is -2.34. The van der Waals surface area contributed by atoms with E-state index in [2.05, 4.69) is 13.8 Å². The van der Waals surface area contributed by atoms with Crippen molar-refractivity contribution in [3.05, 3.63) is 29.3 Å². The van der Waals surface area contributed by atoms with Crippen LogP contribution < -0.4 is 9.47 Å². The maximum Gasteiger partial charge on any atom is 0.257 e. The number of rotatable bonds is 13. The van der Waals surface area contributed by atoms with Crippen molar-refractivity contribution in [3.8, 4) is 11.5 Å². The standard InChI is InChI=1S/C45H69NO5/c1-4-33-6-14-37(15-7-33)39-18-10-35(11-19-39)30-50-42-22-23-44(41(28-42)29-43(32(3)47)45(48)46-24-26-49-27-25-46)51-31-36-12-20-40(21-13-36)38-16-8-34(5-2)9-17-38/h22-23,28-29,33-40H,4-21,24-27,30-31H2,1-3H3. The molecule has 1 aromatic carbocycles. The molecule has 1 heterocycles. The molecule has 1 aliphatic heterocycles. The molecule has 0 N–H and O–H groups in total. The minimum Gasteiger partial charge on any atom is -0.493 e. The maximum absolute atomic E-state index is 13.6. The first-order valence-corrected chi connectivity index (χ1v) is 21.4. The first kappa shape index (κ1) is 38.4. The van der Waals surface area contributed by atoms with Crippen molar-refractivity contribution in [3.63, 3.8) is 0 Å². The summed E-state index contributed by atoms with van der Waals surface area (Å²) in [5.41, 5.74) is 0.954. The van der Waals surface area contributed by atoms with Crippen LogP contribution in [0.15, 0.2) is 23.8 Å². The number of hydrogen-bond donors (Lipinski definition) is 0. The van der Waals surface area contributed by atoms with Crippen LogP contribution in [-0.4, -0.2) is 56.1 Å². The Morgan fingerprint density at radius 1 is 0.667 bits per heavy atom. The monoisotopic (exact) mass is 704 g/mol. The number of carbonyl (C=O) groups is 2. The summed E-state index contributed by atoms with van der Waals surface area (Å²) in [5.74, 6) is 7.75. The number of carbonyl (C=O) groups excluding carboxylic acids is 2. The highest BCUT2D eigenvalue weighted by molar-refractivity contribution is 6.21. The molecule has 0 spiro atoms. The number of Topliss-reactive ketones (excluding diaryl/α,β-unsaturated/α-hetero) is 1. The lowest BCUT2D eigenvalue weighted by molar-refractivity contribution is -0.132. The van der Waals surface area contributed by atoms with Crippen molar-refractivity contribution in [1.82, 2.24) is 4.90 Å². The minimum absolute atomic E-state index is 0.198. The van der Waals surface area contributed by atoms with E-state index in [-0.39, 0.29) is 17.3 Å². The lowest BCUT2D eigenvalue weighted by atomic mass is 9.69. The third-order valence-electron chi connectivity index (χ3n) is 14.2. The van der Waals surface area contributed by atoms with Crippen LogP contribution in [0.1, 0.15) is 142 Å². The minimum atomic E-state index is -0.227. The van der Waals surface area contributed by atoms with Gasteiger partial charge in [0.05, 0.1) is 32.0 Å². The van der Waals surface area contributed by atoms with E-state index in [9.17, 15) is 9.59 Å². The van der Waals surface area contributed by atoms with Gasteiger partial charge < -0.3 is 19.1 Å². The van der Waals surface area contributed by atoms with Gasteiger partial charge in [0, 0.05) is 18.7 Å². The number of ketones is 1. The maximum atomic E-state index is 13.6. The molecule has 1 aromatic rings. The van der Waals surface area contributed by atoms with Gasteiger partial charge in [-0.3, -0.25) is 9.59 Å². The van der Waals surface area contributed by atoms with Crippen molar-refractivity contribution < 1.29 is 23.8 Å². The summed E-state index contributed by atoms with van der Waals surface area (Å²) >= 11 is 0. The molecule has 5 fully saturated rings. The lowest BCUT2D eigenvalue weighted by Gasteiger charge is -2.37. The average Bonchev–Trinajstić information content (AvgIpc) is 3.19. The molecular formula is C45H69NO5. The Morgan fingerprint density at radius 2 is 1.12 bits per heavy atom. The van der Waals surface area contributed by atoms with Crippen LogP contribution in [0.4, 0.5) is 0 Å². The second-order valence-electron chi connectivity index (χ2n) is 17.3. The Bertz CT molecular complexity index is 1270. The molecule has 4 saturated carbocycles. The van der Waals surface area contributed by atoms with Gasteiger partial charge in [-0.1, -0.05) is 52.4 Å². The zero-order valence-corrected chi connectivity index (χ0v) is 32.4. The van der Waals surface area contributed by atoms with Crippen molar-refractivity contribution in [2.45, 2.75) is 136 Å². The zero-order chi connectivity index (χ0) is 35.6. The van der Waals surface area contributed by atoms with Crippen LogP contribution in [0, 0.1) is 47.3 Å². The summed E-state index contributed by atoms with van der Waals surface area (Å²) < 4.78 is 18.5. The van der Waals surface area contributed by atoms with E-state index in [1.165, 1.54) is 122 Å². The molecular weight excluding hydrogens is 634 g/mol. The van der Waals surface area contributed by atoms with Crippen LogP contribution >= 0.6 is 0 Å². The van der Waals surface area contributed by atoms with Gasteiger partial charge in [-0.15, -0.1) is 0 Å². The SMILES string of the molecule is CCC1CCC(C2CCC(COc3ccc(OCC4CCC(C5CCC(CC)CC5)CC4)c(C=C(C(C)=O)C(=O)N4CCOCC4)c3)CC2)CC1.